The van der Waals surface area contributed by atoms with Gasteiger partial charge in [0.25, 0.3) is 11.5 Å². The van der Waals surface area contributed by atoms with Crippen LogP contribution in [0.1, 0.15) is 66.9 Å². The van der Waals surface area contributed by atoms with Gasteiger partial charge in [0.15, 0.2) is 20.6 Å². The second-order valence-electron chi connectivity index (χ2n) is 16.2. The Bertz CT molecular complexity index is 2400. The lowest BCUT2D eigenvalue weighted by Gasteiger charge is -2.40. The van der Waals surface area contributed by atoms with E-state index < -0.39 is 61.6 Å². The maximum atomic E-state index is 14.5. The summed E-state index contributed by atoms with van der Waals surface area (Å²) < 4.78 is 40.2. The highest BCUT2D eigenvalue weighted by molar-refractivity contribution is 6.74. The summed E-state index contributed by atoms with van der Waals surface area (Å²) in [6.45, 7) is 10.0. The van der Waals surface area contributed by atoms with Crippen molar-refractivity contribution in [1.29, 1.82) is 0 Å². The maximum absolute atomic E-state index is 14.5. The number of rotatable bonds is 15. The van der Waals surface area contributed by atoms with E-state index in [2.05, 4.69) is 26.7 Å². The van der Waals surface area contributed by atoms with Gasteiger partial charge in [-0.25, -0.2) is 4.79 Å². The van der Waals surface area contributed by atoms with E-state index in [0.29, 0.717) is 16.1 Å². The molecule has 4 atom stereocenters. The molecule has 1 aliphatic rings. The predicted molar refractivity (Wildman–Crippen MR) is 233 cm³/mol. The predicted octanol–water partition coefficient (Wildman–Crippen LogP) is 7.34. The van der Waals surface area contributed by atoms with Gasteiger partial charge in [-0.15, -0.1) is 12.3 Å². The molecular weight excluding hydrogens is 793 g/mol. The molecule has 0 unspecified atom stereocenters. The molecule has 4 aromatic carbocycles. The molecule has 318 valence electrons. The zero-order valence-electron chi connectivity index (χ0n) is 35.5. The van der Waals surface area contributed by atoms with Crippen molar-refractivity contribution in [2.45, 2.75) is 81.9 Å². The van der Waals surface area contributed by atoms with Crippen LogP contribution >= 0.6 is 0 Å². The molecule has 1 saturated heterocycles. The highest BCUT2D eigenvalue weighted by Gasteiger charge is 2.54. The summed E-state index contributed by atoms with van der Waals surface area (Å²) >= 11 is 0. The summed E-state index contributed by atoms with van der Waals surface area (Å²) in [6.07, 6.45) is 2.26. The summed E-state index contributed by atoms with van der Waals surface area (Å²) in [5, 5.41) is -0.345. The Balaban J connectivity index is 1.53. The van der Waals surface area contributed by atoms with Gasteiger partial charge in [0.1, 0.15) is 29.3 Å². The van der Waals surface area contributed by atoms with E-state index in [9.17, 15) is 19.2 Å². The van der Waals surface area contributed by atoms with Gasteiger partial charge in [0.2, 0.25) is 0 Å². The summed E-state index contributed by atoms with van der Waals surface area (Å²) in [4.78, 5) is 55.1. The number of nitrogens with zero attached hydrogens (tertiary/aromatic N) is 2. The normalized spacial score (nSPS) is 17.9. The average molecular weight is 845 g/mol. The van der Waals surface area contributed by atoms with Crippen LogP contribution in [0.5, 0.6) is 11.5 Å². The minimum Gasteiger partial charge on any atom is -0.497 e. The third kappa shape index (κ3) is 9.33. The monoisotopic (exact) mass is 844 g/mol. The van der Waals surface area contributed by atoms with Crippen LogP contribution in [0.3, 0.4) is 0 Å². The average Bonchev–Trinajstić information content (AvgIpc) is 3.58. The van der Waals surface area contributed by atoms with Crippen LogP contribution in [0.15, 0.2) is 131 Å². The number of carbonyl (C=O) groups is 2. The molecule has 1 fully saturated rings. The van der Waals surface area contributed by atoms with Crippen molar-refractivity contribution in [1.82, 2.24) is 9.13 Å². The van der Waals surface area contributed by atoms with Crippen molar-refractivity contribution in [2.75, 3.05) is 20.8 Å². The van der Waals surface area contributed by atoms with E-state index >= 15 is 0 Å². The number of methoxy groups -OCH3 is 2. The second kappa shape index (κ2) is 18.7. The van der Waals surface area contributed by atoms with E-state index in [1.807, 2.05) is 92.0 Å². The second-order valence-corrected chi connectivity index (χ2v) is 21.0. The van der Waals surface area contributed by atoms with E-state index in [4.69, 9.17) is 34.5 Å². The highest BCUT2D eigenvalue weighted by Crippen LogP contribution is 2.45. The van der Waals surface area contributed by atoms with Crippen LogP contribution in [0, 0.1) is 12.3 Å². The number of carbonyl (C=O) groups excluding carboxylic acids is 2. The first-order chi connectivity index (χ1) is 29.1. The molecule has 0 N–H and O–H groups in total. The Morgan fingerprint density at radius 3 is 1.84 bits per heavy atom. The van der Waals surface area contributed by atoms with Crippen LogP contribution in [0.2, 0.25) is 18.1 Å². The smallest absolute Gasteiger partial charge is 0.340 e. The largest absolute Gasteiger partial charge is 0.497 e. The van der Waals surface area contributed by atoms with E-state index in [0.717, 1.165) is 27.3 Å². The van der Waals surface area contributed by atoms with Crippen molar-refractivity contribution < 1.29 is 37.7 Å². The number of hydrogen-bond donors (Lipinski definition) is 0. The van der Waals surface area contributed by atoms with Crippen molar-refractivity contribution in [2.24, 2.45) is 0 Å². The number of esters is 1. The Morgan fingerprint density at radius 1 is 0.770 bits per heavy atom. The van der Waals surface area contributed by atoms with Crippen molar-refractivity contribution >= 4 is 20.2 Å². The summed E-state index contributed by atoms with van der Waals surface area (Å²) in [7, 11) is 0.422. The lowest BCUT2D eigenvalue weighted by Crippen LogP contribution is -2.52. The van der Waals surface area contributed by atoms with Gasteiger partial charge >= 0.3 is 11.7 Å². The Morgan fingerprint density at radius 2 is 1.31 bits per heavy atom. The molecule has 6 rings (SSSR count). The van der Waals surface area contributed by atoms with E-state index in [-0.39, 0.29) is 30.1 Å². The number of terminal acetylenes is 1. The molecule has 0 saturated carbocycles. The molecule has 0 bridgehead atoms. The molecule has 0 aliphatic carbocycles. The SMILES string of the molecule is C#CCCC(=O)O[C@H]1[C@@H](O[Si](C)(C)C(C)(C)C)[C@H](n2ccc(=O)n(C(=O)c3ccccc3)c2=O)O[C@@H]1COC(c1ccccc1)(c1ccc(OC)cc1)c1ccc(OC)cc1. The molecule has 0 amide bonds. The fraction of sp³-hybridized carbons (Fsp3) is 0.333. The lowest BCUT2D eigenvalue weighted by atomic mass is 9.80. The zero-order chi connectivity index (χ0) is 44.0. The van der Waals surface area contributed by atoms with Gasteiger partial charge in [-0.2, -0.15) is 4.57 Å². The topological polar surface area (TPSA) is 134 Å². The molecule has 5 aromatic rings. The Kier molecular flexibility index (Phi) is 13.6. The highest BCUT2D eigenvalue weighted by atomic mass is 28.4. The molecule has 0 spiro atoms. The van der Waals surface area contributed by atoms with Crippen LogP contribution < -0.4 is 20.7 Å². The van der Waals surface area contributed by atoms with Crippen LogP contribution in [-0.2, 0) is 29.0 Å². The van der Waals surface area contributed by atoms with Gasteiger partial charge in [-0.05, 0) is 71.2 Å². The van der Waals surface area contributed by atoms with Gasteiger partial charge in [0, 0.05) is 24.2 Å². The van der Waals surface area contributed by atoms with Crippen molar-refractivity contribution in [3.63, 3.8) is 0 Å². The third-order valence-corrected chi connectivity index (χ3v) is 15.9. The molecule has 1 aromatic heterocycles. The minimum absolute atomic E-state index is 0.0832. The van der Waals surface area contributed by atoms with Gasteiger partial charge in [-0.1, -0.05) is 93.6 Å². The minimum atomic E-state index is -2.76. The first-order valence-corrected chi connectivity index (χ1v) is 22.9. The van der Waals surface area contributed by atoms with Crippen LogP contribution in [0.4, 0.5) is 0 Å². The standard InChI is InChI=1S/C48H52N2O10Si/c1-9-10-21-41(52)59-42-39(32-57-48(34-19-15-12-16-20-34,35-22-26-37(55-5)27-23-35)36-24-28-38(56-6)29-25-36)58-45(43(42)60-61(7,8)47(2,3)4)49-31-30-40(51)50(46(49)54)44(53)33-17-13-11-14-18-33/h1,11-20,22-31,39,42-43,45H,10,21,32H2,2-8H3/t39-,42-,43-,45-/m1/s1. The summed E-state index contributed by atoms with van der Waals surface area (Å²) in [6, 6.07) is 33.9. The lowest BCUT2D eigenvalue weighted by molar-refractivity contribution is -0.158. The number of benzene rings is 4. The molecule has 13 heteroatoms. The van der Waals surface area contributed by atoms with Crippen molar-refractivity contribution in [3.05, 3.63) is 165 Å². The first kappa shape index (κ1) is 44.5. The molecular formula is C48H52N2O10Si. The first-order valence-electron chi connectivity index (χ1n) is 20.0. The molecule has 0 radical (unpaired) electrons. The fourth-order valence-electron chi connectivity index (χ4n) is 7.10. The van der Waals surface area contributed by atoms with Crippen LogP contribution in [0.25, 0.3) is 0 Å². The van der Waals surface area contributed by atoms with Crippen LogP contribution in [-0.4, -0.2) is 68.5 Å². The molecule has 2 heterocycles. The quantitative estimate of drug-likeness (QED) is 0.0457. The van der Waals surface area contributed by atoms with Gasteiger partial charge < -0.3 is 28.1 Å². The van der Waals surface area contributed by atoms with E-state index in [1.54, 1.807) is 32.4 Å². The van der Waals surface area contributed by atoms with Crippen molar-refractivity contribution in [3.8, 4) is 23.8 Å². The summed E-state index contributed by atoms with van der Waals surface area (Å²) in [5.41, 5.74) is -0.650. The maximum Gasteiger partial charge on any atom is 0.340 e. The van der Waals surface area contributed by atoms with Gasteiger partial charge in [-0.3, -0.25) is 19.0 Å². The Labute approximate surface area is 357 Å². The zero-order valence-corrected chi connectivity index (χ0v) is 36.5. The molecule has 61 heavy (non-hydrogen) atoms. The third-order valence-electron chi connectivity index (χ3n) is 11.4. The molecule has 1 aliphatic heterocycles. The number of hydrogen-bond acceptors (Lipinski definition) is 10. The number of aromatic nitrogens is 2. The van der Waals surface area contributed by atoms with Gasteiger partial charge in [0.05, 0.1) is 27.2 Å². The van der Waals surface area contributed by atoms with E-state index in [1.165, 1.54) is 18.3 Å². The number of ether oxygens (including phenoxy) is 5. The summed E-state index contributed by atoms with van der Waals surface area (Å²) in [5.74, 6) is 2.36. The fourth-order valence-corrected chi connectivity index (χ4v) is 8.38. The Hall–Kier alpha value is -6.04. The molecule has 12 nitrogen and oxygen atoms in total.